The number of aromatic nitrogens is 2. The van der Waals surface area contributed by atoms with Crippen molar-refractivity contribution in [3.8, 4) is 0 Å². The van der Waals surface area contributed by atoms with Gasteiger partial charge in [-0.2, -0.15) is 0 Å². The molecule has 2 N–H and O–H groups in total. The summed E-state index contributed by atoms with van der Waals surface area (Å²) in [5, 5.41) is 5.93. The largest absolute Gasteiger partial charge is 0.378 e. The molecule has 0 bridgehead atoms. The Hall–Kier alpha value is -2.74. The van der Waals surface area contributed by atoms with Crippen molar-refractivity contribution in [2.24, 2.45) is 0 Å². The molecule has 0 spiro atoms. The number of carbonyl (C=O) groups is 1. The Kier molecular flexibility index (Phi) is 5.73. The SMILES string of the molecule is O=C(NCCNc1cc(N2CCOCC2)ncn1)c1ccc(F)cc1. The minimum absolute atomic E-state index is 0.238. The molecule has 3 rings (SSSR count). The second kappa shape index (κ2) is 8.39. The van der Waals surface area contributed by atoms with Gasteiger partial charge in [-0.3, -0.25) is 4.79 Å². The first kappa shape index (κ1) is 17.1. The molecule has 25 heavy (non-hydrogen) atoms. The Morgan fingerprint density at radius 1 is 1.16 bits per heavy atom. The molecule has 1 fully saturated rings. The summed E-state index contributed by atoms with van der Waals surface area (Å²) in [7, 11) is 0. The van der Waals surface area contributed by atoms with Crippen molar-refractivity contribution >= 4 is 17.5 Å². The van der Waals surface area contributed by atoms with Crippen LogP contribution in [-0.2, 0) is 4.74 Å². The van der Waals surface area contributed by atoms with Crippen LogP contribution in [0.25, 0.3) is 0 Å². The lowest BCUT2D eigenvalue weighted by atomic mass is 10.2. The third-order valence-electron chi connectivity index (χ3n) is 3.81. The number of anilines is 2. The molecular weight excluding hydrogens is 325 g/mol. The maximum absolute atomic E-state index is 12.8. The van der Waals surface area contributed by atoms with E-state index in [0.717, 1.165) is 18.9 Å². The molecule has 2 heterocycles. The average molecular weight is 345 g/mol. The third-order valence-corrected chi connectivity index (χ3v) is 3.81. The van der Waals surface area contributed by atoms with Crippen LogP contribution in [-0.4, -0.2) is 55.3 Å². The van der Waals surface area contributed by atoms with Crippen LogP contribution in [0, 0.1) is 5.82 Å². The van der Waals surface area contributed by atoms with E-state index in [9.17, 15) is 9.18 Å². The van der Waals surface area contributed by atoms with Crippen molar-refractivity contribution in [3.63, 3.8) is 0 Å². The van der Waals surface area contributed by atoms with Crippen molar-refractivity contribution in [3.05, 3.63) is 48.0 Å². The molecule has 1 aromatic heterocycles. The van der Waals surface area contributed by atoms with Crippen LogP contribution in [0.15, 0.2) is 36.7 Å². The molecule has 132 valence electrons. The average Bonchev–Trinajstić information content (AvgIpc) is 2.66. The smallest absolute Gasteiger partial charge is 0.251 e. The first-order chi connectivity index (χ1) is 12.2. The van der Waals surface area contributed by atoms with Crippen molar-refractivity contribution < 1.29 is 13.9 Å². The molecule has 0 unspecified atom stereocenters. The highest BCUT2D eigenvalue weighted by Gasteiger charge is 2.13. The molecule has 2 aromatic rings. The zero-order valence-corrected chi connectivity index (χ0v) is 13.7. The van der Waals surface area contributed by atoms with Gasteiger partial charge in [0.15, 0.2) is 0 Å². The standard InChI is InChI=1S/C17H20FN5O2/c18-14-3-1-13(2-4-14)17(24)20-6-5-19-15-11-16(22-12-21-15)23-7-9-25-10-8-23/h1-4,11-12H,5-10H2,(H,20,24)(H,19,21,22). The molecule has 7 nitrogen and oxygen atoms in total. The van der Waals surface area contributed by atoms with E-state index in [0.29, 0.717) is 37.7 Å². The van der Waals surface area contributed by atoms with Gasteiger partial charge in [-0.05, 0) is 24.3 Å². The van der Waals surface area contributed by atoms with Gasteiger partial charge < -0.3 is 20.3 Å². The highest BCUT2D eigenvalue weighted by Crippen LogP contribution is 2.15. The van der Waals surface area contributed by atoms with Crippen molar-refractivity contribution in [1.29, 1.82) is 0 Å². The number of nitrogens with one attached hydrogen (secondary N) is 2. The first-order valence-electron chi connectivity index (χ1n) is 8.15. The van der Waals surface area contributed by atoms with Crippen molar-refractivity contribution in [2.45, 2.75) is 0 Å². The van der Waals surface area contributed by atoms with Gasteiger partial charge in [0.25, 0.3) is 5.91 Å². The number of ether oxygens (including phenoxy) is 1. The fourth-order valence-corrected chi connectivity index (χ4v) is 2.48. The van der Waals surface area contributed by atoms with Crippen LogP contribution < -0.4 is 15.5 Å². The van der Waals surface area contributed by atoms with Crippen LogP contribution in [0.5, 0.6) is 0 Å². The number of amides is 1. The summed E-state index contributed by atoms with van der Waals surface area (Å²) >= 11 is 0. The third kappa shape index (κ3) is 4.87. The summed E-state index contributed by atoms with van der Waals surface area (Å²) in [4.78, 5) is 22.5. The summed E-state index contributed by atoms with van der Waals surface area (Å²) in [6, 6.07) is 7.32. The molecule has 1 amide bonds. The molecule has 0 saturated carbocycles. The summed E-state index contributed by atoms with van der Waals surface area (Å²) in [5.74, 6) is 0.959. The Labute approximate surface area is 145 Å². The van der Waals surface area contributed by atoms with Crippen molar-refractivity contribution in [1.82, 2.24) is 15.3 Å². The van der Waals surface area contributed by atoms with Gasteiger partial charge >= 0.3 is 0 Å². The molecule has 8 heteroatoms. The van der Waals surface area contributed by atoms with E-state index >= 15 is 0 Å². The molecule has 1 aromatic carbocycles. The Morgan fingerprint density at radius 3 is 2.68 bits per heavy atom. The summed E-state index contributed by atoms with van der Waals surface area (Å²) in [6.07, 6.45) is 1.52. The number of hydrogen-bond donors (Lipinski definition) is 2. The van der Waals surface area contributed by atoms with Gasteiger partial charge in [0.2, 0.25) is 0 Å². The second-order valence-corrected chi connectivity index (χ2v) is 5.55. The maximum Gasteiger partial charge on any atom is 0.251 e. The summed E-state index contributed by atoms with van der Waals surface area (Å²) < 4.78 is 18.2. The number of nitrogens with zero attached hydrogens (tertiary/aromatic N) is 3. The first-order valence-corrected chi connectivity index (χ1v) is 8.15. The van der Waals surface area contributed by atoms with Gasteiger partial charge in [0.05, 0.1) is 13.2 Å². The normalized spacial score (nSPS) is 14.2. The predicted octanol–water partition coefficient (Wildman–Crippen LogP) is 1.29. The van der Waals surface area contributed by atoms with Gasteiger partial charge in [-0.15, -0.1) is 0 Å². The number of carbonyl (C=O) groups excluding carboxylic acids is 1. The van der Waals surface area contributed by atoms with E-state index < -0.39 is 0 Å². The van der Waals surface area contributed by atoms with E-state index in [1.54, 1.807) is 0 Å². The number of hydrogen-bond acceptors (Lipinski definition) is 6. The molecule has 1 aliphatic rings. The van der Waals surface area contributed by atoms with Crippen LogP contribution in [0.2, 0.25) is 0 Å². The van der Waals surface area contributed by atoms with Crippen LogP contribution >= 0.6 is 0 Å². The van der Waals surface area contributed by atoms with Gasteiger partial charge in [-0.1, -0.05) is 0 Å². The minimum Gasteiger partial charge on any atom is -0.378 e. The topological polar surface area (TPSA) is 79.4 Å². The lowest BCUT2D eigenvalue weighted by Gasteiger charge is -2.27. The molecule has 0 radical (unpaired) electrons. The second-order valence-electron chi connectivity index (χ2n) is 5.55. The predicted molar refractivity (Wildman–Crippen MR) is 92.3 cm³/mol. The lowest BCUT2D eigenvalue weighted by Crippen LogP contribution is -2.36. The Morgan fingerprint density at radius 2 is 1.92 bits per heavy atom. The molecule has 1 saturated heterocycles. The van der Waals surface area contributed by atoms with Crippen LogP contribution in [0.3, 0.4) is 0 Å². The zero-order chi connectivity index (χ0) is 17.5. The quantitative estimate of drug-likeness (QED) is 0.768. The molecule has 0 atom stereocenters. The maximum atomic E-state index is 12.8. The number of rotatable bonds is 6. The van der Waals surface area contributed by atoms with E-state index in [-0.39, 0.29) is 11.7 Å². The molecule has 0 aliphatic carbocycles. The molecular formula is C17H20FN5O2. The highest BCUT2D eigenvalue weighted by atomic mass is 19.1. The lowest BCUT2D eigenvalue weighted by molar-refractivity contribution is 0.0955. The van der Waals surface area contributed by atoms with Crippen molar-refractivity contribution in [2.75, 3.05) is 49.6 Å². The Bertz CT molecular complexity index is 704. The zero-order valence-electron chi connectivity index (χ0n) is 13.7. The van der Waals surface area contributed by atoms with Gasteiger partial charge in [0.1, 0.15) is 23.8 Å². The molecule has 1 aliphatic heterocycles. The fourth-order valence-electron chi connectivity index (χ4n) is 2.48. The minimum atomic E-state index is -0.363. The number of benzene rings is 1. The van der Waals surface area contributed by atoms with E-state index in [1.807, 2.05) is 6.07 Å². The summed E-state index contributed by atoms with van der Waals surface area (Å²) in [5.41, 5.74) is 0.429. The van der Waals surface area contributed by atoms with Gasteiger partial charge in [-0.25, -0.2) is 14.4 Å². The monoisotopic (exact) mass is 345 g/mol. The van der Waals surface area contributed by atoms with E-state index in [2.05, 4.69) is 25.5 Å². The van der Waals surface area contributed by atoms with Crippen LogP contribution in [0.1, 0.15) is 10.4 Å². The van der Waals surface area contributed by atoms with Gasteiger partial charge in [0, 0.05) is 37.8 Å². The highest BCUT2D eigenvalue weighted by molar-refractivity contribution is 5.94. The number of morpholine rings is 1. The fraction of sp³-hybridized carbons (Fsp3) is 0.353. The Balaban J connectivity index is 1.45. The van der Waals surface area contributed by atoms with E-state index in [4.69, 9.17) is 4.74 Å². The van der Waals surface area contributed by atoms with Crippen LogP contribution in [0.4, 0.5) is 16.0 Å². The van der Waals surface area contributed by atoms with E-state index in [1.165, 1.54) is 30.6 Å². The number of halogens is 1. The summed E-state index contributed by atoms with van der Waals surface area (Å²) in [6.45, 7) is 3.96.